The van der Waals surface area contributed by atoms with Gasteiger partial charge in [-0.15, -0.1) is 0 Å². The van der Waals surface area contributed by atoms with Crippen LogP contribution in [0.5, 0.6) is 5.75 Å². The van der Waals surface area contributed by atoms with Crippen LogP contribution in [0.3, 0.4) is 0 Å². The van der Waals surface area contributed by atoms with Crippen molar-refractivity contribution in [2.24, 2.45) is 5.73 Å². The fourth-order valence-electron chi connectivity index (χ4n) is 3.44. The van der Waals surface area contributed by atoms with Crippen molar-refractivity contribution in [3.05, 3.63) is 29.6 Å². The lowest BCUT2D eigenvalue weighted by Gasteiger charge is -2.28. The zero-order valence-electron chi connectivity index (χ0n) is 18.2. The Hall–Kier alpha value is -2.89. The van der Waals surface area contributed by atoms with E-state index < -0.39 is 0 Å². The number of nitrogens with one attached hydrogen (secondary N) is 2. The van der Waals surface area contributed by atoms with E-state index in [0.29, 0.717) is 41.2 Å². The normalized spacial score (nSPS) is 14.0. The van der Waals surface area contributed by atoms with Crippen molar-refractivity contribution in [2.75, 3.05) is 50.2 Å². The molecular formula is C21H27N7O3S. The third-order valence-electron chi connectivity index (χ3n) is 5.10. The van der Waals surface area contributed by atoms with Gasteiger partial charge in [0.1, 0.15) is 17.1 Å². The molecule has 170 valence electrons. The van der Waals surface area contributed by atoms with Gasteiger partial charge in [0.2, 0.25) is 5.91 Å². The number of thioether (sulfide) groups is 1. The van der Waals surface area contributed by atoms with Crippen LogP contribution in [0.15, 0.2) is 23.4 Å². The van der Waals surface area contributed by atoms with Crippen molar-refractivity contribution in [3.8, 4) is 5.75 Å². The van der Waals surface area contributed by atoms with Gasteiger partial charge in [-0.05, 0) is 17.7 Å². The van der Waals surface area contributed by atoms with Gasteiger partial charge in [0, 0.05) is 25.3 Å². The molecule has 10 nitrogen and oxygen atoms in total. The maximum absolute atomic E-state index is 11.7. The molecular weight excluding hydrogens is 430 g/mol. The van der Waals surface area contributed by atoms with Crippen LogP contribution >= 0.6 is 11.8 Å². The van der Waals surface area contributed by atoms with Crippen molar-refractivity contribution in [1.29, 1.82) is 0 Å². The Balaban J connectivity index is 1.59. The molecule has 1 fully saturated rings. The minimum Gasteiger partial charge on any atom is -0.495 e. The van der Waals surface area contributed by atoms with E-state index >= 15 is 0 Å². The maximum Gasteiger partial charge on any atom is 0.238 e. The molecule has 2 aromatic heterocycles. The summed E-state index contributed by atoms with van der Waals surface area (Å²) >= 11 is 1.52. The zero-order valence-corrected chi connectivity index (χ0v) is 19.0. The Kier molecular flexibility index (Phi) is 7.08. The Morgan fingerprint density at radius 3 is 2.84 bits per heavy atom. The summed E-state index contributed by atoms with van der Waals surface area (Å²) in [5.41, 5.74) is 8.55. The number of imidazole rings is 1. The number of carbonyl (C=O) groups excluding carboxylic acids is 1. The number of rotatable bonds is 8. The van der Waals surface area contributed by atoms with E-state index in [1.54, 1.807) is 7.11 Å². The second-order valence-electron chi connectivity index (χ2n) is 7.24. The predicted molar refractivity (Wildman–Crippen MR) is 124 cm³/mol. The molecule has 1 amide bonds. The summed E-state index contributed by atoms with van der Waals surface area (Å²) in [6.45, 7) is 4.86. The van der Waals surface area contributed by atoms with Crippen LogP contribution < -0.4 is 20.7 Å². The fourth-order valence-corrected chi connectivity index (χ4v) is 4.22. The summed E-state index contributed by atoms with van der Waals surface area (Å²) in [7, 11) is 1.56. The first-order valence-corrected chi connectivity index (χ1v) is 11.5. The highest BCUT2D eigenvalue weighted by atomic mass is 32.2. The third kappa shape index (κ3) is 4.95. The molecule has 4 rings (SSSR count). The number of methoxy groups -OCH3 is 1. The van der Waals surface area contributed by atoms with Gasteiger partial charge < -0.3 is 30.4 Å². The highest BCUT2D eigenvalue weighted by Crippen LogP contribution is 2.31. The van der Waals surface area contributed by atoms with E-state index in [1.807, 2.05) is 18.2 Å². The summed E-state index contributed by atoms with van der Waals surface area (Å²) in [6.07, 6.45) is 0.796. The third-order valence-corrected chi connectivity index (χ3v) is 6.02. The molecule has 1 aromatic carbocycles. The van der Waals surface area contributed by atoms with Gasteiger partial charge in [-0.3, -0.25) is 4.79 Å². The Labute approximate surface area is 190 Å². The number of aromatic nitrogens is 4. The van der Waals surface area contributed by atoms with Crippen LogP contribution in [0.25, 0.3) is 11.2 Å². The Morgan fingerprint density at radius 2 is 2.12 bits per heavy atom. The molecule has 0 unspecified atom stereocenters. The van der Waals surface area contributed by atoms with E-state index in [1.165, 1.54) is 11.8 Å². The first-order valence-electron chi connectivity index (χ1n) is 10.5. The topological polar surface area (TPSA) is 131 Å². The number of amides is 1. The second kappa shape index (κ2) is 10.2. The van der Waals surface area contributed by atoms with Crippen molar-refractivity contribution in [3.63, 3.8) is 0 Å². The first kappa shape index (κ1) is 22.3. The number of aryl methyl sites for hydroxylation is 1. The van der Waals surface area contributed by atoms with Gasteiger partial charge in [0.05, 0.1) is 32.6 Å². The molecule has 1 saturated heterocycles. The number of H-pyrrole nitrogens is 1. The molecule has 3 heterocycles. The number of hydrogen-bond donors (Lipinski definition) is 3. The average Bonchev–Trinajstić information content (AvgIpc) is 3.26. The van der Waals surface area contributed by atoms with Gasteiger partial charge in [-0.25, -0.2) is 15.0 Å². The summed E-state index contributed by atoms with van der Waals surface area (Å²) in [5.74, 6) is 2.67. The largest absolute Gasteiger partial charge is 0.495 e. The minimum atomic E-state index is -0.276. The smallest absolute Gasteiger partial charge is 0.238 e. The molecule has 0 aliphatic carbocycles. The average molecular weight is 458 g/mol. The molecule has 32 heavy (non-hydrogen) atoms. The monoisotopic (exact) mass is 457 g/mol. The number of hydrogen-bond acceptors (Lipinski definition) is 9. The molecule has 0 atom stereocenters. The summed E-state index contributed by atoms with van der Waals surface area (Å²) in [5, 5.41) is 3.42. The van der Waals surface area contributed by atoms with Crippen LogP contribution in [0.1, 0.15) is 18.3 Å². The van der Waals surface area contributed by atoms with E-state index in [9.17, 15) is 4.79 Å². The van der Waals surface area contributed by atoms with Crippen molar-refractivity contribution >= 4 is 40.3 Å². The molecule has 3 aromatic rings. The summed E-state index contributed by atoms with van der Waals surface area (Å²) < 4.78 is 10.8. The molecule has 0 saturated carbocycles. The Bertz CT molecular complexity index is 1100. The van der Waals surface area contributed by atoms with Gasteiger partial charge in [-0.2, -0.15) is 0 Å². The number of fused-ring (bicyclic) bond motifs is 1. The van der Waals surface area contributed by atoms with Gasteiger partial charge >= 0.3 is 0 Å². The lowest BCUT2D eigenvalue weighted by atomic mass is 10.2. The van der Waals surface area contributed by atoms with Crippen LogP contribution in [0, 0.1) is 0 Å². The van der Waals surface area contributed by atoms with Crippen LogP contribution in [-0.2, 0) is 21.7 Å². The van der Waals surface area contributed by atoms with Gasteiger partial charge in [0.25, 0.3) is 0 Å². The predicted octanol–water partition coefficient (Wildman–Crippen LogP) is 1.95. The van der Waals surface area contributed by atoms with Crippen molar-refractivity contribution < 1.29 is 14.3 Å². The van der Waals surface area contributed by atoms with Crippen LogP contribution in [-0.4, -0.2) is 65.8 Å². The first-order chi connectivity index (χ1) is 15.6. The summed E-state index contributed by atoms with van der Waals surface area (Å²) in [4.78, 5) is 31.5. The Morgan fingerprint density at radius 1 is 1.31 bits per heavy atom. The van der Waals surface area contributed by atoms with Crippen molar-refractivity contribution in [1.82, 2.24) is 19.9 Å². The lowest BCUT2D eigenvalue weighted by Crippen LogP contribution is -2.37. The van der Waals surface area contributed by atoms with E-state index in [2.05, 4.69) is 32.1 Å². The molecule has 0 radical (unpaired) electrons. The molecule has 0 bridgehead atoms. The number of nitrogens with two attached hydrogens (primary N) is 1. The molecule has 1 aliphatic rings. The second-order valence-corrected chi connectivity index (χ2v) is 8.18. The quantitative estimate of drug-likeness (QED) is 0.343. The highest BCUT2D eigenvalue weighted by Gasteiger charge is 2.20. The molecule has 0 spiro atoms. The standard InChI is InChI=1S/C21H27N7O3S/c1-3-16-24-18-19(25-16)26-21(27-20(18)28-6-8-31-9-7-28)32-12-13-4-5-15(30-2)14(10-13)23-17(29)11-22/h4-5,10H,3,6-9,11-12,22H2,1-2H3,(H,23,29)(H,24,25,26,27). The molecule has 11 heteroatoms. The van der Waals surface area contributed by atoms with Crippen LogP contribution in [0.4, 0.5) is 11.5 Å². The SMILES string of the molecule is CCc1nc2nc(SCc3ccc(OC)c(NC(=O)CN)c3)nc(N3CCOCC3)c2[nH]1. The van der Waals surface area contributed by atoms with Crippen LogP contribution in [0.2, 0.25) is 0 Å². The lowest BCUT2D eigenvalue weighted by molar-refractivity contribution is -0.114. The summed E-state index contributed by atoms with van der Waals surface area (Å²) in [6, 6.07) is 5.66. The van der Waals surface area contributed by atoms with Gasteiger partial charge in [-0.1, -0.05) is 24.8 Å². The number of morpholine rings is 1. The maximum atomic E-state index is 11.7. The minimum absolute atomic E-state index is 0.0935. The number of carbonyl (C=O) groups is 1. The zero-order chi connectivity index (χ0) is 22.5. The van der Waals surface area contributed by atoms with Gasteiger partial charge in [0.15, 0.2) is 16.6 Å². The number of anilines is 2. The molecule has 4 N–H and O–H groups in total. The number of ether oxygens (including phenoxy) is 2. The highest BCUT2D eigenvalue weighted by molar-refractivity contribution is 7.98. The van der Waals surface area contributed by atoms with E-state index in [-0.39, 0.29) is 12.5 Å². The van der Waals surface area contributed by atoms with E-state index in [4.69, 9.17) is 20.2 Å². The molecule has 1 aliphatic heterocycles. The fraction of sp³-hybridized carbons (Fsp3) is 0.429. The van der Waals surface area contributed by atoms with Crippen molar-refractivity contribution in [2.45, 2.75) is 24.3 Å². The number of aromatic amines is 1. The van der Waals surface area contributed by atoms with E-state index in [0.717, 1.165) is 42.2 Å². The number of nitrogens with zero attached hydrogens (tertiary/aromatic N) is 4. The number of benzene rings is 1.